The summed E-state index contributed by atoms with van der Waals surface area (Å²) in [5.74, 6) is -0.613. The molecule has 0 atom stereocenters. The first-order valence-electron chi connectivity index (χ1n) is 8.70. The molecule has 1 aromatic carbocycles. The van der Waals surface area contributed by atoms with E-state index in [0.717, 1.165) is 11.3 Å². The molecule has 0 unspecified atom stereocenters. The number of aromatic nitrogens is 2. The Bertz CT molecular complexity index is 1150. The van der Waals surface area contributed by atoms with Gasteiger partial charge in [0.05, 0.1) is 7.11 Å². The molecule has 1 aliphatic rings. The van der Waals surface area contributed by atoms with Crippen LogP contribution in [0.3, 0.4) is 0 Å². The van der Waals surface area contributed by atoms with Crippen LogP contribution in [0.4, 0.5) is 13.2 Å². The minimum Gasteiger partial charge on any atom is -0.491 e. The molecule has 0 saturated heterocycles. The average molecular weight is 407 g/mol. The van der Waals surface area contributed by atoms with E-state index in [1.54, 1.807) is 0 Å². The smallest absolute Gasteiger partial charge is 0.491 e. The van der Waals surface area contributed by atoms with E-state index in [0.29, 0.717) is 23.9 Å². The predicted molar refractivity (Wildman–Crippen MR) is 97.0 cm³/mol. The Morgan fingerprint density at radius 1 is 1.24 bits per heavy atom. The summed E-state index contributed by atoms with van der Waals surface area (Å²) in [6, 6.07) is 5.23. The molecule has 7 nitrogen and oxygen atoms in total. The molecule has 0 radical (unpaired) electrons. The van der Waals surface area contributed by atoms with Gasteiger partial charge in [-0.05, 0) is 18.2 Å². The second-order valence-electron chi connectivity index (χ2n) is 6.59. The van der Waals surface area contributed by atoms with Crippen LogP contribution < -0.4 is 14.9 Å². The Morgan fingerprint density at radius 2 is 2.03 bits per heavy atom. The maximum atomic E-state index is 12.8. The van der Waals surface area contributed by atoms with E-state index in [4.69, 9.17) is 4.74 Å². The normalized spacial score (nSPS) is 14.0. The number of nitrogens with one attached hydrogen (secondary N) is 2. The minimum absolute atomic E-state index is 0.0938. The van der Waals surface area contributed by atoms with Crippen LogP contribution in [0.5, 0.6) is 11.5 Å². The van der Waals surface area contributed by atoms with Gasteiger partial charge in [-0.3, -0.25) is 9.59 Å². The van der Waals surface area contributed by atoms with Crippen LogP contribution in [0.25, 0.3) is 10.9 Å². The number of ether oxygens (including phenoxy) is 2. The van der Waals surface area contributed by atoms with Gasteiger partial charge in [0.25, 0.3) is 5.91 Å². The number of carbonyl (C=O) groups is 1. The van der Waals surface area contributed by atoms with Crippen molar-refractivity contribution >= 4 is 16.8 Å². The zero-order valence-corrected chi connectivity index (χ0v) is 15.2. The van der Waals surface area contributed by atoms with Crippen LogP contribution in [0.15, 0.2) is 35.3 Å². The summed E-state index contributed by atoms with van der Waals surface area (Å²) < 4.78 is 46.5. The Morgan fingerprint density at radius 3 is 2.72 bits per heavy atom. The Labute approximate surface area is 162 Å². The van der Waals surface area contributed by atoms with Gasteiger partial charge in [0.15, 0.2) is 5.75 Å². The van der Waals surface area contributed by atoms with Crippen LogP contribution in [-0.2, 0) is 13.0 Å². The number of H-pyrrole nitrogens is 2. The van der Waals surface area contributed by atoms with E-state index in [2.05, 4.69) is 14.7 Å². The highest BCUT2D eigenvalue weighted by atomic mass is 19.4. The zero-order chi connectivity index (χ0) is 20.8. The molecule has 2 aromatic heterocycles. The molecule has 0 aliphatic carbocycles. The number of carbonyl (C=O) groups excluding carboxylic acids is 1. The summed E-state index contributed by atoms with van der Waals surface area (Å²) in [7, 11) is 1.35. The lowest BCUT2D eigenvalue weighted by atomic mass is 10.0. The lowest BCUT2D eigenvalue weighted by Crippen LogP contribution is -2.36. The first-order chi connectivity index (χ1) is 13.7. The molecule has 1 amide bonds. The molecule has 2 N–H and O–H groups in total. The van der Waals surface area contributed by atoms with Crippen molar-refractivity contribution in [2.24, 2.45) is 0 Å². The summed E-state index contributed by atoms with van der Waals surface area (Å²) in [4.78, 5) is 32.2. The Balaban J connectivity index is 1.64. The third-order valence-electron chi connectivity index (χ3n) is 4.79. The van der Waals surface area contributed by atoms with Crippen molar-refractivity contribution in [1.82, 2.24) is 14.9 Å². The molecule has 3 aromatic rings. The number of fused-ring (bicyclic) bond motifs is 3. The SMILES string of the molecule is COc1c[nH]c(C(=O)N2CCc3[nH]c4ccc(OC(F)(F)F)cc4c3C2)cc1=O. The Hall–Kier alpha value is -3.43. The number of rotatable bonds is 3. The van der Waals surface area contributed by atoms with Gasteiger partial charge in [0.2, 0.25) is 5.43 Å². The zero-order valence-electron chi connectivity index (χ0n) is 15.2. The maximum Gasteiger partial charge on any atom is 0.573 e. The second-order valence-corrected chi connectivity index (χ2v) is 6.59. The predicted octanol–water partition coefficient (Wildman–Crippen LogP) is 2.96. The number of amides is 1. The third kappa shape index (κ3) is 3.65. The summed E-state index contributed by atoms with van der Waals surface area (Å²) >= 11 is 0. The largest absolute Gasteiger partial charge is 0.573 e. The van der Waals surface area contributed by atoms with Crippen LogP contribution >= 0.6 is 0 Å². The van der Waals surface area contributed by atoms with Gasteiger partial charge >= 0.3 is 6.36 Å². The van der Waals surface area contributed by atoms with Crippen LogP contribution in [-0.4, -0.2) is 40.8 Å². The van der Waals surface area contributed by atoms with Crippen LogP contribution in [0.1, 0.15) is 21.7 Å². The van der Waals surface area contributed by atoms with Gasteiger partial charge in [-0.1, -0.05) is 0 Å². The topological polar surface area (TPSA) is 87.4 Å². The van der Waals surface area contributed by atoms with Gasteiger partial charge < -0.3 is 24.3 Å². The number of pyridine rings is 1. The van der Waals surface area contributed by atoms with Gasteiger partial charge in [-0.15, -0.1) is 13.2 Å². The quantitative estimate of drug-likeness (QED) is 0.699. The molecule has 0 fully saturated rings. The van der Waals surface area contributed by atoms with Crippen molar-refractivity contribution in [3.05, 3.63) is 57.6 Å². The molecule has 0 saturated carbocycles. The maximum absolute atomic E-state index is 12.8. The lowest BCUT2D eigenvalue weighted by Gasteiger charge is -2.27. The second kappa shape index (κ2) is 6.87. The first kappa shape index (κ1) is 18.9. The van der Waals surface area contributed by atoms with Crippen molar-refractivity contribution in [2.75, 3.05) is 13.7 Å². The molecular weight excluding hydrogens is 391 g/mol. The minimum atomic E-state index is -4.79. The first-order valence-corrected chi connectivity index (χ1v) is 8.70. The molecule has 4 rings (SSSR count). The van der Waals surface area contributed by atoms with Gasteiger partial charge in [0, 0.05) is 53.9 Å². The summed E-state index contributed by atoms with van der Waals surface area (Å²) in [5.41, 5.74) is 1.93. The van der Waals surface area contributed by atoms with E-state index in [-0.39, 0.29) is 29.6 Å². The van der Waals surface area contributed by atoms with Crippen molar-refractivity contribution in [3.63, 3.8) is 0 Å². The van der Waals surface area contributed by atoms with E-state index < -0.39 is 11.8 Å². The number of aromatic amines is 2. The van der Waals surface area contributed by atoms with Gasteiger partial charge in [0.1, 0.15) is 11.4 Å². The van der Waals surface area contributed by atoms with Crippen molar-refractivity contribution in [1.29, 1.82) is 0 Å². The highest BCUT2D eigenvalue weighted by Gasteiger charge is 2.32. The molecular formula is C19H16F3N3O4. The third-order valence-corrected chi connectivity index (χ3v) is 4.79. The summed E-state index contributed by atoms with van der Waals surface area (Å²) in [6.07, 6.45) is -2.96. The number of hydrogen-bond donors (Lipinski definition) is 2. The molecule has 152 valence electrons. The number of methoxy groups -OCH3 is 1. The molecule has 1 aliphatic heterocycles. The number of halogens is 3. The van der Waals surface area contributed by atoms with Gasteiger partial charge in [-0.2, -0.15) is 0 Å². The standard InChI is InChI=1S/C19H16F3N3O4/c1-28-17-8-23-15(7-16(17)26)18(27)25-5-4-14-12(9-25)11-6-10(29-19(20,21)22)2-3-13(11)24-14/h2-3,6-8,24H,4-5,9H2,1H3,(H,23,26). The number of nitrogens with zero attached hydrogens (tertiary/aromatic N) is 1. The fourth-order valence-electron chi connectivity index (χ4n) is 3.48. The van der Waals surface area contributed by atoms with Crippen molar-refractivity contribution < 1.29 is 27.4 Å². The summed E-state index contributed by atoms with van der Waals surface area (Å²) in [6.45, 7) is 0.594. The van der Waals surface area contributed by atoms with Crippen molar-refractivity contribution in [2.45, 2.75) is 19.3 Å². The highest BCUT2D eigenvalue weighted by Crippen LogP contribution is 2.32. The molecule has 3 heterocycles. The average Bonchev–Trinajstić information content (AvgIpc) is 3.03. The fourth-order valence-corrected chi connectivity index (χ4v) is 3.48. The molecule has 0 spiro atoms. The van der Waals surface area contributed by atoms with Gasteiger partial charge in [-0.25, -0.2) is 0 Å². The van der Waals surface area contributed by atoms with E-state index >= 15 is 0 Å². The molecule has 0 bridgehead atoms. The fraction of sp³-hybridized carbons (Fsp3) is 0.263. The molecule has 10 heteroatoms. The van der Waals surface area contributed by atoms with E-state index in [1.807, 2.05) is 0 Å². The number of hydrogen-bond acceptors (Lipinski definition) is 4. The summed E-state index contributed by atoms with van der Waals surface area (Å²) in [5, 5.41) is 0.558. The van der Waals surface area contributed by atoms with Crippen LogP contribution in [0.2, 0.25) is 0 Å². The number of alkyl halides is 3. The number of benzene rings is 1. The van der Waals surface area contributed by atoms with E-state index in [1.165, 1.54) is 42.5 Å². The Kier molecular flexibility index (Phi) is 4.48. The molecule has 29 heavy (non-hydrogen) atoms. The van der Waals surface area contributed by atoms with Crippen molar-refractivity contribution in [3.8, 4) is 11.5 Å². The monoisotopic (exact) mass is 407 g/mol. The van der Waals surface area contributed by atoms with E-state index in [9.17, 15) is 22.8 Å². The van der Waals surface area contributed by atoms with Crippen LogP contribution in [0, 0.1) is 0 Å². The lowest BCUT2D eigenvalue weighted by molar-refractivity contribution is -0.274. The highest BCUT2D eigenvalue weighted by molar-refractivity contribution is 5.93.